The van der Waals surface area contributed by atoms with Crippen molar-refractivity contribution in [1.82, 2.24) is 4.90 Å². The molecule has 0 aliphatic heterocycles. The zero-order valence-electron chi connectivity index (χ0n) is 11.3. The van der Waals surface area contributed by atoms with E-state index in [1.54, 1.807) is 0 Å². The van der Waals surface area contributed by atoms with Crippen molar-refractivity contribution in [1.29, 1.82) is 0 Å². The molecule has 2 aromatic carbocycles. The highest BCUT2D eigenvalue weighted by atomic mass is 35.5. The van der Waals surface area contributed by atoms with Crippen LogP contribution in [0.1, 0.15) is 15.9 Å². The molecule has 110 valence electrons. The quantitative estimate of drug-likeness (QED) is 0.860. The van der Waals surface area contributed by atoms with E-state index in [4.69, 9.17) is 11.6 Å². The molecule has 0 unspecified atom stereocenters. The third-order valence-electron chi connectivity index (χ3n) is 3.05. The van der Waals surface area contributed by atoms with Gasteiger partial charge in [-0.3, -0.25) is 4.79 Å². The molecule has 5 heteroatoms. The van der Waals surface area contributed by atoms with Crippen molar-refractivity contribution in [2.75, 3.05) is 12.4 Å². The fraction of sp³-hybridized carbons (Fsp3) is 0.188. The number of hydrogen-bond donors (Lipinski definition) is 1. The molecule has 1 amide bonds. The summed E-state index contributed by atoms with van der Waals surface area (Å²) in [5.74, 6) is -0.999. The molecule has 0 atom stereocenters. The van der Waals surface area contributed by atoms with Crippen LogP contribution in [0.4, 0.5) is 4.39 Å². The lowest BCUT2D eigenvalue weighted by Gasteiger charge is -2.22. The summed E-state index contributed by atoms with van der Waals surface area (Å²) < 4.78 is 13.3. The van der Waals surface area contributed by atoms with Crippen LogP contribution in [0.15, 0.2) is 48.5 Å². The van der Waals surface area contributed by atoms with Gasteiger partial charge in [0.1, 0.15) is 11.6 Å². The van der Waals surface area contributed by atoms with Gasteiger partial charge in [-0.25, -0.2) is 4.39 Å². The normalized spacial score (nSPS) is 10.4. The first kappa shape index (κ1) is 15.3. The second-order valence-corrected chi connectivity index (χ2v) is 4.94. The van der Waals surface area contributed by atoms with Crippen LogP contribution in [0, 0.1) is 5.82 Å². The maximum atomic E-state index is 13.3. The van der Waals surface area contributed by atoms with Crippen molar-refractivity contribution in [3.8, 4) is 5.75 Å². The number of benzene rings is 2. The molecule has 2 rings (SSSR count). The molecule has 0 fully saturated rings. The lowest BCUT2D eigenvalue weighted by molar-refractivity contribution is 0.0750. The lowest BCUT2D eigenvalue weighted by Crippen LogP contribution is -2.32. The molecular formula is C16H15ClFNO2. The van der Waals surface area contributed by atoms with E-state index < -0.39 is 11.7 Å². The Kier molecular flexibility index (Phi) is 5.17. The summed E-state index contributed by atoms with van der Waals surface area (Å²) in [6.45, 7) is 0.660. The fourth-order valence-corrected chi connectivity index (χ4v) is 2.21. The van der Waals surface area contributed by atoms with E-state index in [1.807, 2.05) is 30.3 Å². The summed E-state index contributed by atoms with van der Waals surface area (Å²) in [5.41, 5.74) is 0.878. The minimum atomic E-state index is -0.568. The summed E-state index contributed by atoms with van der Waals surface area (Å²) in [7, 11) is 0. The second-order valence-electron chi connectivity index (χ2n) is 4.56. The monoisotopic (exact) mass is 307 g/mol. The topological polar surface area (TPSA) is 40.5 Å². The highest BCUT2D eigenvalue weighted by Gasteiger charge is 2.19. The van der Waals surface area contributed by atoms with E-state index in [1.165, 1.54) is 11.0 Å². The summed E-state index contributed by atoms with van der Waals surface area (Å²) in [5, 5.41) is 9.74. The smallest absolute Gasteiger partial charge is 0.258 e. The number of phenolic OH excluding ortho intramolecular Hbond substituents is 1. The number of rotatable bonds is 5. The first-order valence-corrected chi connectivity index (χ1v) is 7.03. The first-order valence-electron chi connectivity index (χ1n) is 6.49. The Morgan fingerprint density at radius 1 is 1.19 bits per heavy atom. The van der Waals surface area contributed by atoms with Crippen molar-refractivity contribution in [3.05, 3.63) is 65.5 Å². The summed E-state index contributed by atoms with van der Waals surface area (Å²) in [6, 6.07) is 12.7. The van der Waals surface area contributed by atoms with E-state index in [0.717, 1.165) is 17.7 Å². The predicted octanol–water partition coefficient (Wildman–Crippen LogP) is 3.41. The number of nitrogens with zero attached hydrogens (tertiary/aromatic N) is 1. The molecule has 0 aliphatic carbocycles. The molecule has 0 saturated carbocycles. The summed E-state index contributed by atoms with van der Waals surface area (Å²) in [6.07, 6.45) is 0. The van der Waals surface area contributed by atoms with Crippen LogP contribution in [0.2, 0.25) is 0 Å². The standard InChI is InChI=1S/C16H15ClFNO2/c17-8-9-19(11-12-4-2-1-3-5-12)16(21)14-10-13(18)6-7-15(14)20/h1-7,10,20H,8-9,11H2. The minimum Gasteiger partial charge on any atom is -0.507 e. The Balaban J connectivity index is 2.25. The molecule has 0 aromatic heterocycles. The van der Waals surface area contributed by atoms with Crippen molar-refractivity contribution in [2.45, 2.75) is 6.54 Å². The number of carbonyl (C=O) groups is 1. The van der Waals surface area contributed by atoms with Crippen molar-refractivity contribution in [2.24, 2.45) is 0 Å². The lowest BCUT2D eigenvalue weighted by atomic mass is 10.1. The zero-order chi connectivity index (χ0) is 15.2. The van der Waals surface area contributed by atoms with Gasteiger partial charge in [-0.2, -0.15) is 0 Å². The highest BCUT2D eigenvalue weighted by Crippen LogP contribution is 2.21. The van der Waals surface area contributed by atoms with Gasteiger partial charge >= 0.3 is 0 Å². The van der Waals surface area contributed by atoms with Crippen LogP contribution in [-0.2, 0) is 6.54 Å². The number of hydrogen-bond acceptors (Lipinski definition) is 2. The van der Waals surface area contributed by atoms with Crippen LogP contribution in [0.25, 0.3) is 0 Å². The number of phenols is 1. The maximum Gasteiger partial charge on any atom is 0.258 e. The van der Waals surface area contributed by atoms with E-state index in [0.29, 0.717) is 13.1 Å². The molecule has 21 heavy (non-hydrogen) atoms. The number of alkyl halides is 1. The zero-order valence-corrected chi connectivity index (χ0v) is 12.1. The fourth-order valence-electron chi connectivity index (χ4n) is 2.01. The summed E-state index contributed by atoms with van der Waals surface area (Å²) >= 11 is 5.73. The number of halogens is 2. The average molecular weight is 308 g/mol. The van der Waals surface area contributed by atoms with Gasteiger partial charge in [0.2, 0.25) is 0 Å². The summed E-state index contributed by atoms with van der Waals surface area (Å²) in [4.78, 5) is 13.9. The Morgan fingerprint density at radius 2 is 1.90 bits per heavy atom. The third kappa shape index (κ3) is 3.95. The Hall–Kier alpha value is -2.07. The van der Waals surface area contributed by atoms with Crippen LogP contribution in [-0.4, -0.2) is 28.3 Å². The molecular weight excluding hydrogens is 293 g/mol. The van der Waals surface area contributed by atoms with Crippen LogP contribution >= 0.6 is 11.6 Å². The van der Waals surface area contributed by atoms with Gasteiger partial charge < -0.3 is 10.0 Å². The Labute approximate surface area is 127 Å². The van der Waals surface area contributed by atoms with Crippen LogP contribution in [0.5, 0.6) is 5.75 Å². The van der Waals surface area contributed by atoms with Crippen LogP contribution in [0.3, 0.4) is 0 Å². The van der Waals surface area contributed by atoms with E-state index in [9.17, 15) is 14.3 Å². The molecule has 0 aliphatic rings. The molecule has 2 aromatic rings. The molecule has 0 radical (unpaired) electrons. The molecule has 0 saturated heterocycles. The molecule has 3 nitrogen and oxygen atoms in total. The Bertz CT molecular complexity index is 619. The van der Waals surface area contributed by atoms with Gasteiger partial charge in [0, 0.05) is 19.0 Å². The number of carbonyl (C=O) groups excluding carboxylic acids is 1. The molecule has 0 heterocycles. The van der Waals surface area contributed by atoms with Crippen molar-refractivity contribution < 1.29 is 14.3 Å². The maximum absolute atomic E-state index is 13.3. The molecule has 0 spiro atoms. The highest BCUT2D eigenvalue weighted by molar-refractivity contribution is 6.18. The van der Waals surface area contributed by atoms with Gasteiger partial charge in [0.25, 0.3) is 5.91 Å². The molecule has 1 N–H and O–H groups in total. The van der Waals surface area contributed by atoms with E-state index in [-0.39, 0.29) is 17.2 Å². The van der Waals surface area contributed by atoms with Gasteiger partial charge in [0.05, 0.1) is 5.56 Å². The van der Waals surface area contributed by atoms with Gasteiger partial charge in [-0.05, 0) is 23.8 Å². The van der Waals surface area contributed by atoms with Gasteiger partial charge in [-0.15, -0.1) is 11.6 Å². The Morgan fingerprint density at radius 3 is 2.57 bits per heavy atom. The van der Waals surface area contributed by atoms with E-state index in [2.05, 4.69) is 0 Å². The third-order valence-corrected chi connectivity index (χ3v) is 3.22. The average Bonchev–Trinajstić information content (AvgIpc) is 2.49. The molecule has 0 bridgehead atoms. The van der Waals surface area contributed by atoms with Gasteiger partial charge in [0.15, 0.2) is 0 Å². The number of amides is 1. The van der Waals surface area contributed by atoms with Gasteiger partial charge in [-0.1, -0.05) is 30.3 Å². The minimum absolute atomic E-state index is 0.0592. The second kappa shape index (κ2) is 7.09. The first-order chi connectivity index (χ1) is 10.1. The largest absolute Gasteiger partial charge is 0.507 e. The van der Waals surface area contributed by atoms with Crippen molar-refractivity contribution in [3.63, 3.8) is 0 Å². The van der Waals surface area contributed by atoms with Crippen molar-refractivity contribution >= 4 is 17.5 Å². The van der Waals surface area contributed by atoms with Crippen LogP contribution < -0.4 is 0 Å². The predicted molar refractivity (Wildman–Crippen MR) is 80.0 cm³/mol. The SMILES string of the molecule is O=C(c1cc(F)ccc1O)N(CCCl)Cc1ccccc1. The van der Waals surface area contributed by atoms with E-state index >= 15 is 0 Å². The number of aromatic hydroxyl groups is 1.